The van der Waals surface area contributed by atoms with Crippen LogP contribution < -0.4 is 10.3 Å². The van der Waals surface area contributed by atoms with Crippen molar-refractivity contribution in [3.05, 3.63) is 69.6 Å². The minimum atomic E-state index is -0.213. The van der Waals surface area contributed by atoms with Gasteiger partial charge < -0.3 is 9.26 Å². The summed E-state index contributed by atoms with van der Waals surface area (Å²) in [4.78, 5) is 22.2. The standard InChI is InChI=1S/C19H15ClN4O3S/c1-11-21-17(27-23-11)10-28-19-22-14-9-12(20)7-8-13(14)18(25)24(19)15-5-3-4-6-16(15)26-2/h3-9H,10H2,1-2H3. The first-order valence-electron chi connectivity index (χ1n) is 8.34. The van der Waals surface area contributed by atoms with Crippen LogP contribution in [0, 0.1) is 6.92 Å². The summed E-state index contributed by atoms with van der Waals surface area (Å²) in [6, 6.07) is 12.3. The normalized spacial score (nSPS) is 11.1. The molecule has 0 radical (unpaired) electrons. The van der Waals surface area contributed by atoms with Crippen molar-refractivity contribution in [2.24, 2.45) is 0 Å². The minimum absolute atomic E-state index is 0.213. The van der Waals surface area contributed by atoms with Crippen LogP contribution >= 0.6 is 23.4 Å². The van der Waals surface area contributed by atoms with Gasteiger partial charge in [0.15, 0.2) is 11.0 Å². The molecule has 0 aliphatic rings. The maximum atomic E-state index is 13.3. The molecule has 0 saturated carbocycles. The summed E-state index contributed by atoms with van der Waals surface area (Å²) in [5.41, 5.74) is 0.909. The number of hydrogen-bond acceptors (Lipinski definition) is 7. The van der Waals surface area contributed by atoms with E-state index in [9.17, 15) is 4.79 Å². The third-order valence-electron chi connectivity index (χ3n) is 4.02. The molecule has 142 valence electrons. The molecule has 28 heavy (non-hydrogen) atoms. The highest BCUT2D eigenvalue weighted by Gasteiger charge is 2.17. The van der Waals surface area contributed by atoms with Gasteiger partial charge in [-0.05, 0) is 37.3 Å². The van der Waals surface area contributed by atoms with E-state index >= 15 is 0 Å². The fraction of sp³-hybridized carbons (Fsp3) is 0.158. The van der Waals surface area contributed by atoms with Crippen molar-refractivity contribution in [1.29, 1.82) is 0 Å². The van der Waals surface area contributed by atoms with Crippen LogP contribution in [0.4, 0.5) is 0 Å². The number of rotatable bonds is 5. The van der Waals surface area contributed by atoms with Crippen molar-refractivity contribution in [2.75, 3.05) is 7.11 Å². The Bertz CT molecular complexity index is 1220. The highest BCUT2D eigenvalue weighted by Crippen LogP contribution is 2.29. The molecule has 4 aromatic rings. The third-order valence-corrected chi connectivity index (χ3v) is 5.18. The Kier molecular flexibility index (Phi) is 5.06. The van der Waals surface area contributed by atoms with Crippen LogP contribution in [0.15, 0.2) is 56.9 Å². The van der Waals surface area contributed by atoms with Gasteiger partial charge in [-0.1, -0.05) is 40.7 Å². The van der Waals surface area contributed by atoms with Crippen LogP contribution in [0.1, 0.15) is 11.7 Å². The lowest BCUT2D eigenvalue weighted by molar-refractivity contribution is 0.387. The first kappa shape index (κ1) is 18.5. The minimum Gasteiger partial charge on any atom is -0.495 e. The Labute approximate surface area is 169 Å². The van der Waals surface area contributed by atoms with Gasteiger partial charge >= 0.3 is 0 Å². The van der Waals surface area contributed by atoms with Gasteiger partial charge in [0.2, 0.25) is 5.89 Å². The molecule has 0 unspecified atom stereocenters. The van der Waals surface area contributed by atoms with Crippen LogP contribution in [-0.4, -0.2) is 26.8 Å². The third kappa shape index (κ3) is 3.48. The van der Waals surface area contributed by atoms with Crippen molar-refractivity contribution < 1.29 is 9.26 Å². The second kappa shape index (κ2) is 7.65. The van der Waals surface area contributed by atoms with Crippen molar-refractivity contribution in [2.45, 2.75) is 17.8 Å². The number of methoxy groups -OCH3 is 1. The molecule has 0 amide bonds. The van der Waals surface area contributed by atoms with Crippen molar-refractivity contribution >= 4 is 34.3 Å². The van der Waals surface area contributed by atoms with Crippen molar-refractivity contribution in [3.63, 3.8) is 0 Å². The Hall–Kier alpha value is -2.84. The summed E-state index contributed by atoms with van der Waals surface area (Å²) >= 11 is 7.41. The van der Waals surface area contributed by atoms with Gasteiger partial charge in [-0.3, -0.25) is 9.36 Å². The summed E-state index contributed by atoms with van der Waals surface area (Å²) in [5.74, 6) is 1.94. The fourth-order valence-electron chi connectivity index (χ4n) is 2.79. The highest BCUT2D eigenvalue weighted by molar-refractivity contribution is 7.98. The molecule has 0 aliphatic carbocycles. The molecule has 0 bridgehead atoms. The molecule has 9 heteroatoms. The largest absolute Gasteiger partial charge is 0.495 e. The van der Waals surface area contributed by atoms with Gasteiger partial charge in [0.05, 0.1) is 29.5 Å². The second-order valence-electron chi connectivity index (χ2n) is 5.89. The molecule has 0 N–H and O–H groups in total. The molecular weight excluding hydrogens is 400 g/mol. The van der Waals surface area contributed by atoms with Gasteiger partial charge in [-0.2, -0.15) is 4.98 Å². The van der Waals surface area contributed by atoms with Gasteiger partial charge in [-0.15, -0.1) is 0 Å². The summed E-state index contributed by atoms with van der Waals surface area (Å²) in [7, 11) is 1.56. The zero-order valence-electron chi connectivity index (χ0n) is 15.0. The molecule has 2 heterocycles. The average Bonchev–Trinajstić information content (AvgIpc) is 3.11. The van der Waals surface area contributed by atoms with Gasteiger partial charge in [0.25, 0.3) is 5.56 Å². The Morgan fingerprint density at radius 1 is 1.21 bits per heavy atom. The topological polar surface area (TPSA) is 83.0 Å². The molecule has 7 nitrogen and oxygen atoms in total. The number of thioether (sulfide) groups is 1. The first-order chi connectivity index (χ1) is 13.6. The number of aromatic nitrogens is 4. The van der Waals surface area contributed by atoms with E-state index in [1.807, 2.05) is 18.2 Å². The molecular formula is C19H15ClN4O3S. The first-order valence-corrected chi connectivity index (χ1v) is 9.71. The number of fused-ring (bicyclic) bond motifs is 1. The van der Waals surface area contributed by atoms with Gasteiger partial charge in [0, 0.05) is 5.02 Å². The molecule has 2 aromatic carbocycles. The average molecular weight is 415 g/mol. The lowest BCUT2D eigenvalue weighted by atomic mass is 10.2. The summed E-state index contributed by atoms with van der Waals surface area (Å²) in [6.07, 6.45) is 0. The van der Waals surface area contributed by atoms with E-state index in [1.165, 1.54) is 16.3 Å². The van der Waals surface area contributed by atoms with Crippen LogP contribution in [0.25, 0.3) is 16.6 Å². The maximum Gasteiger partial charge on any atom is 0.266 e. The smallest absolute Gasteiger partial charge is 0.266 e. The second-order valence-corrected chi connectivity index (χ2v) is 7.27. The van der Waals surface area contributed by atoms with E-state index < -0.39 is 0 Å². The van der Waals surface area contributed by atoms with E-state index in [0.717, 1.165) is 0 Å². The van der Waals surface area contributed by atoms with Crippen LogP contribution in [-0.2, 0) is 5.75 Å². The Morgan fingerprint density at radius 3 is 2.79 bits per heavy atom. The molecule has 2 aromatic heterocycles. The van der Waals surface area contributed by atoms with E-state index in [2.05, 4.69) is 15.1 Å². The lowest BCUT2D eigenvalue weighted by Crippen LogP contribution is -2.22. The van der Waals surface area contributed by atoms with Crippen molar-refractivity contribution in [3.8, 4) is 11.4 Å². The van der Waals surface area contributed by atoms with E-state index in [1.54, 1.807) is 38.3 Å². The maximum absolute atomic E-state index is 13.3. The van der Waals surface area contributed by atoms with Gasteiger partial charge in [0.1, 0.15) is 5.75 Å². The Morgan fingerprint density at radius 2 is 2.04 bits per heavy atom. The number of hydrogen-bond donors (Lipinski definition) is 0. The van der Waals surface area contributed by atoms with Crippen LogP contribution in [0.5, 0.6) is 5.75 Å². The fourth-order valence-corrected chi connectivity index (χ4v) is 3.80. The monoisotopic (exact) mass is 414 g/mol. The van der Waals surface area contributed by atoms with E-state index in [4.69, 9.17) is 20.9 Å². The summed E-state index contributed by atoms with van der Waals surface area (Å²) in [5, 5.41) is 5.24. The lowest BCUT2D eigenvalue weighted by Gasteiger charge is -2.15. The van der Waals surface area contributed by atoms with E-state index in [-0.39, 0.29) is 5.56 Å². The number of nitrogens with zero attached hydrogens (tertiary/aromatic N) is 4. The predicted octanol–water partition coefficient (Wildman–Crippen LogP) is 4.03. The van der Waals surface area contributed by atoms with E-state index in [0.29, 0.717) is 50.0 Å². The molecule has 0 fully saturated rings. The molecule has 0 atom stereocenters. The predicted molar refractivity (Wildman–Crippen MR) is 107 cm³/mol. The molecule has 4 rings (SSSR count). The number of ether oxygens (including phenoxy) is 1. The number of para-hydroxylation sites is 2. The zero-order chi connectivity index (χ0) is 19.7. The Balaban J connectivity index is 1.90. The summed E-state index contributed by atoms with van der Waals surface area (Å²) < 4.78 is 12.1. The molecule has 0 saturated heterocycles. The highest BCUT2D eigenvalue weighted by atomic mass is 35.5. The number of aryl methyl sites for hydroxylation is 1. The number of halogens is 1. The number of benzene rings is 2. The van der Waals surface area contributed by atoms with Gasteiger partial charge in [-0.25, -0.2) is 4.98 Å². The quantitative estimate of drug-likeness (QED) is 0.360. The SMILES string of the molecule is COc1ccccc1-n1c(SCc2nc(C)no2)nc2cc(Cl)ccc2c1=O. The van der Waals surface area contributed by atoms with Crippen LogP contribution in [0.3, 0.4) is 0 Å². The molecule has 0 aliphatic heterocycles. The van der Waals surface area contributed by atoms with Crippen LogP contribution in [0.2, 0.25) is 5.02 Å². The summed E-state index contributed by atoms with van der Waals surface area (Å²) in [6.45, 7) is 1.75. The zero-order valence-corrected chi connectivity index (χ0v) is 16.6. The van der Waals surface area contributed by atoms with Crippen molar-refractivity contribution in [1.82, 2.24) is 19.7 Å². The molecule has 0 spiro atoms.